The number of carbonyl (C=O) groups is 1. The number of hydrogen-bond acceptors (Lipinski definition) is 3. The Morgan fingerprint density at radius 1 is 1.25 bits per heavy atom. The molecule has 4 nitrogen and oxygen atoms in total. The normalized spacial score (nSPS) is 22.8. The summed E-state index contributed by atoms with van der Waals surface area (Å²) in [6.07, 6.45) is 3.76. The molecule has 1 aliphatic carbocycles. The monoisotopic (exact) mass is 273 g/mol. The molecular formula is C16H23N3O. The van der Waals surface area contributed by atoms with Gasteiger partial charge in [-0.15, -0.1) is 0 Å². The molecular weight excluding hydrogens is 250 g/mol. The first kappa shape index (κ1) is 13.4. The molecule has 0 aromatic heterocycles. The van der Waals surface area contributed by atoms with Crippen molar-refractivity contribution in [2.24, 2.45) is 0 Å². The van der Waals surface area contributed by atoms with Crippen molar-refractivity contribution in [1.29, 1.82) is 0 Å². The van der Waals surface area contributed by atoms with Crippen LogP contribution in [0.25, 0.3) is 0 Å². The number of anilines is 1. The lowest BCUT2D eigenvalue weighted by atomic mass is 10.1. The van der Waals surface area contributed by atoms with E-state index in [1.807, 2.05) is 24.3 Å². The maximum absolute atomic E-state index is 12.2. The van der Waals surface area contributed by atoms with Crippen LogP contribution >= 0.6 is 0 Å². The fourth-order valence-electron chi connectivity index (χ4n) is 2.89. The predicted molar refractivity (Wildman–Crippen MR) is 81.1 cm³/mol. The van der Waals surface area contributed by atoms with Crippen molar-refractivity contribution in [3.05, 3.63) is 29.8 Å². The summed E-state index contributed by atoms with van der Waals surface area (Å²) in [6.45, 7) is 5.11. The summed E-state index contributed by atoms with van der Waals surface area (Å²) in [6, 6.07) is 8.82. The smallest absolute Gasteiger partial charge is 0.251 e. The van der Waals surface area contributed by atoms with Crippen molar-refractivity contribution in [3.63, 3.8) is 0 Å². The van der Waals surface area contributed by atoms with Crippen LogP contribution in [-0.2, 0) is 0 Å². The Morgan fingerprint density at radius 3 is 2.65 bits per heavy atom. The first-order chi connectivity index (χ1) is 9.76. The molecule has 2 N–H and O–H groups in total. The Balaban J connectivity index is 1.53. The van der Waals surface area contributed by atoms with E-state index in [1.54, 1.807) is 0 Å². The highest BCUT2D eigenvalue weighted by atomic mass is 16.1. The molecule has 4 heteroatoms. The lowest BCUT2D eigenvalue weighted by Gasteiger charge is -2.16. The van der Waals surface area contributed by atoms with Crippen LogP contribution in [0.1, 0.15) is 36.5 Å². The topological polar surface area (TPSA) is 44.4 Å². The van der Waals surface area contributed by atoms with Crippen LogP contribution in [-0.4, -0.2) is 42.5 Å². The minimum atomic E-state index is 0.0516. The Morgan fingerprint density at radius 2 is 2.00 bits per heavy atom. The van der Waals surface area contributed by atoms with Crippen LogP contribution in [0.15, 0.2) is 24.3 Å². The van der Waals surface area contributed by atoms with E-state index in [0.29, 0.717) is 6.04 Å². The van der Waals surface area contributed by atoms with Gasteiger partial charge in [-0.2, -0.15) is 0 Å². The number of rotatable bonds is 5. The molecule has 20 heavy (non-hydrogen) atoms. The van der Waals surface area contributed by atoms with Crippen LogP contribution < -0.4 is 10.6 Å². The molecule has 1 saturated carbocycles. The van der Waals surface area contributed by atoms with E-state index in [-0.39, 0.29) is 5.91 Å². The molecule has 1 aromatic carbocycles. The number of nitrogens with zero attached hydrogens (tertiary/aromatic N) is 1. The first-order valence-corrected chi connectivity index (χ1v) is 7.65. The molecule has 0 spiro atoms. The Bertz CT molecular complexity index is 467. The van der Waals surface area contributed by atoms with Gasteiger partial charge in [-0.1, -0.05) is 0 Å². The van der Waals surface area contributed by atoms with Crippen LogP contribution in [0.5, 0.6) is 0 Å². The summed E-state index contributed by atoms with van der Waals surface area (Å²) in [5, 5.41) is 6.39. The molecule has 1 unspecified atom stereocenters. The van der Waals surface area contributed by atoms with E-state index >= 15 is 0 Å². The minimum absolute atomic E-state index is 0.0516. The van der Waals surface area contributed by atoms with Gasteiger partial charge in [0.1, 0.15) is 0 Å². The highest BCUT2D eigenvalue weighted by Crippen LogP contribution is 2.29. The van der Waals surface area contributed by atoms with E-state index in [2.05, 4.69) is 22.5 Å². The largest absolute Gasteiger partial charge is 0.385 e. The molecule has 1 saturated heterocycles. The number of likely N-dealkylation sites (tertiary alicyclic amines) is 1. The van der Waals surface area contributed by atoms with Gasteiger partial charge >= 0.3 is 0 Å². The quantitative estimate of drug-likeness (QED) is 0.863. The molecule has 1 atom stereocenters. The third-order valence-corrected chi connectivity index (χ3v) is 4.15. The van der Waals surface area contributed by atoms with E-state index in [9.17, 15) is 4.79 Å². The standard InChI is InChI=1S/C16H23N3O/c1-2-17-13-5-3-12(4-6-13)16(20)18-14-9-10-19(11-14)15-7-8-15/h3-6,14-15,17H,2,7-11H2,1H3,(H,18,20). The highest BCUT2D eigenvalue weighted by molar-refractivity contribution is 5.94. The summed E-state index contributed by atoms with van der Waals surface area (Å²) in [5.41, 5.74) is 1.81. The van der Waals surface area contributed by atoms with Crippen LogP contribution in [0.2, 0.25) is 0 Å². The minimum Gasteiger partial charge on any atom is -0.385 e. The summed E-state index contributed by atoms with van der Waals surface area (Å²) in [7, 11) is 0. The Hall–Kier alpha value is -1.55. The van der Waals surface area contributed by atoms with Gasteiger partial charge in [0.15, 0.2) is 0 Å². The van der Waals surface area contributed by atoms with Gasteiger partial charge in [0, 0.05) is 43.0 Å². The van der Waals surface area contributed by atoms with Gasteiger partial charge in [-0.05, 0) is 50.5 Å². The van der Waals surface area contributed by atoms with Gasteiger partial charge in [0.25, 0.3) is 5.91 Å². The molecule has 1 heterocycles. The Labute approximate surface area is 120 Å². The highest BCUT2D eigenvalue weighted by Gasteiger charge is 2.34. The molecule has 1 aromatic rings. The number of hydrogen-bond donors (Lipinski definition) is 2. The van der Waals surface area contributed by atoms with Gasteiger partial charge in [0.05, 0.1) is 0 Å². The zero-order valence-corrected chi connectivity index (χ0v) is 12.1. The number of nitrogens with one attached hydrogen (secondary N) is 2. The molecule has 108 valence electrons. The van der Waals surface area contributed by atoms with E-state index < -0.39 is 0 Å². The van der Waals surface area contributed by atoms with Crippen molar-refractivity contribution < 1.29 is 4.79 Å². The lowest BCUT2D eigenvalue weighted by molar-refractivity contribution is 0.0937. The van der Waals surface area contributed by atoms with Crippen molar-refractivity contribution >= 4 is 11.6 Å². The van der Waals surface area contributed by atoms with E-state index in [0.717, 1.165) is 43.3 Å². The summed E-state index contributed by atoms with van der Waals surface area (Å²) < 4.78 is 0. The second kappa shape index (κ2) is 5.83. The molecule has 1 amide bonds. The zero-order valence-electron chi connectivity index (χ0n) is 12.1. The third kappa shape index (κ3) is 3.12. The Kier molecular flexibility index (Phi) is 3.92. The average Bonchev–Trinajstić information content (AvgIpc) is 3.21. The van der Waals surface area contributed by atoms with Crippen molar-refractivity contribution in [2.45, 2.75) is 38.3 Å². The predicted octanol–water partition coefficient (Wildman–Crippen LogP) is 2.08. The van der Waals surface area contributed by atoms with Gasteiger partial charge in [0.2, 0.25) is 0 Å². The molecule has 0 radical (unpaired) electrons. The molecule has 3 rings (SSSR count). The van der Waals surface area contributed by atoms with E-state index in [4.69, 9.17) is 0 Å². The number of amides is 1. The zero-order chi connectivity index (χ0) is 13.9. The number of carbonyl (C=O) groups excluding carboxylic acids is 1. The fourth-order valence-corrected chi connectivity index (χ4v) is 2.89. The van der Waals surface area contributed by atoms with Crippen LogP contribution in [0.4, 0.5) is 5.69 Å². The van der Waals surface area contributed by atoms with Crippen molar-refractivity contribution in [3.8, 4) is 0 Å². The van der Waals surface area contributed by atoms with E-state index in [1.165, 1.54) is 12.8 Å². The molecule has 1 aliphatic heterocycles. The molecule has 0 bridgehead atoms. The SMILES string of the molecule is CCNc1ccc(C(=O)NC2CCN(C3CC3)C2)cc1. The second-order valence-electron chi connectivity index (χ2n) is 5.79. The van der Waals surface area contributed by atoms with Crippen LogP contribution in [0, 0.1) is 0 Å². The summed E-state index contributed by atoms with van der Waals surface area (Å²) in [4.78, 5) is 14.7. The van der Waals surface area contributed by atoms with Gasteiger partial charge in [-0.25, -0.2) is 0 Å². The third-order valence-electron chi connectivity index (χ3n) is 4.15. The number of benzene rings is 1. The average molecular weight is 273 g/mol. The van der Waals surface area contributed by atoms with Crippen molar-refractivity contribution in [1.82, 2.24) is 10.2 Å². The second-order valence-corrected chi connectivity index (χ2v) is 5.79. The maximum Gasteiger partial charge on any atom is 0.251 e. The summed E-state index contributed by atoms with van der Waals surface area (Å²) >= 11 is 0. The van der Waals surface area contributed by atoms with Crippen LogP contribution in [0.3, 0.4) is 0 Å². The fraction of sp³-hybridized carbons (Fsp3) is 0.562. The van der Waals surface area contributed by atoms with Gasteiger partial charge in [-0.3, -0.25) is 9.69 Å². The first-order valence-electron chi connectivity index (χ1n) is 7.65. The van der Waals surface area contributed by atoms with Crippen molar-refractivity contribution in [2.75, 3.05) is 25.0 Å². The molecule has 2 fully saturated rings. The van der Waals surface area contributed by atoms with Gasteiger partial charge < -0.3 is 10.6 Å². The maximum atomic E-state index is 12.2. The lowest BCUT2D eigenvalue weighted by Crippen LogP contribution is -2.37. The summed E-state index contributed by atoms with van der Waals surface area (Å²) in [5.74, 6) is 0.0516. The molecule has 2 aliphatic rings.